The molecule has 0 radical (unpaired) electrons. The number of amides is 1. The Hall–Kier alpha value is -2.42. The van der Waals surface area contributed by atoms with Crippen LogP contribution in [0.15, 0.2) is 54.6 Å². The van der Waals surface area contributed by atoms with E-state index in [4.69, 9.17) is 0 Å². The number of hydrogen-bond donors (Lipinski definition) is 1. The van der Waals surface area contributed by atoms with Crippen molar-refractivity contribution < 1.29 is 9.59 Å². The van der Waals surface area contributed by atoms with Crippen LogP contribution >= 0.6 is 0 Å². The Labute approximate surface area is 125 Å². The van der Waals surface area contributed by atoms with Crippen molar-refractivity contribution in [3.63, 3.8) is 0 Å². The zero-order valence-corrected chi connectivity index (χ0v) is 12.5. The molecule has 0 saturated heterocycles. The molecule has 0 bridgehead atoms. The molecule has 0 fully saturated rings. The Morgan fingerprint density at radius 2 is 1.24 bits per heavy atom. The molecule has 21 heavy (non-hydrogen) atoms. The fraction of sp³-hybridized carbons (Fsp3) is 0.222. The summed E-state index contributed by atoms with van der Waals surface area (Å²) < 4.78 is 0. The third kappa shape index (κ3) is 4.02. The molecule has 108 valence electrons. The maximum atomic E-state index is 12.3. The number of nitrogens with one attached hydrogen (secondary N) is 1. The summed E-state index contributed by atoms with van der Waals surface area (Å²) in [6, 6.07) is 15.8. The van der Waals surface area contributed by atoms with Crippen LogP contribution in [-0.4, -0.2) is 17.2 Å². The lowest BCUT2D eigenvalue weighted by molar-refractivity contribution is 0.0918. The van der Waals surface area contributed by atoms with Gasteiger partial charge in [0.2, 0.25) is 0 Å². The van der Waals surface area contributed by atoms with Crippen molar-refractivity contribution in [1.29, 1.82) is 0 Å². The lowest BCUT2D eigenvalue weighted by Crippen LogP contribution is -2.40. The second kappa shape index (κ2) is 5.92. The Morgan fingerprint density at radius 3 is 1.76 bits per heavy atom. The topological polar surface area (TPSA) is 46.2 Å². The third-order valence-electron chi connectivity index (χ3n) is 2.93. The van der Waals surface area contributed by atoms with Crippen LogP contribution < -0.4 is 5.32 Å². The summed E-state index contributed by atoms with van der Waals surface area (Å²) in [5, 5.41) is 2.89. The summed E-state index contributed by atoms with van der Waals surface area (Å²) in [7, 11) is 0. The molecular weight excluding hydrogens is 262 g/mol. The average molecular weight is 281 g/mol. The molecule has 0 aliphatic heterocycles. The standard InChI is InChI=1S/C18H19NO2/c1-18(2,3)19-17(21)15-11-9-14(10-12-15)16(20)13-7-5-4-6-8-13/h4-12H,1-3H3,(H,19,21). The monoisotopic (exact) mass is 281 g/mol. The molecule has 0 aliphatic rings. The summed E-state index contributed by atoms with van der Waals surface area (Å²) in [4.78, 5) is 24.3. The first-order valence-corrected chi connectivity index (χ1v) is 6.89. The maximum absolute atomic E-state index is 12.3. The van der Waals surface area contributed by atoms with Gasteiger partial charge in [0.05, 0.1) is 0 Å². The van der Waals surface area contributed by atoms with Crippen molar-refractivity contribution in [2.75, 3.05) is 0 Å². The van der Waals surface area contributed by atoms with Gasteiger partial charge in [-0.2, -0.15) is 0 Å². The van der Waals surface area contributed by atoms with Crippen LogP contribution in [0, 0.1) is 0 Å². The molecule has 2 aromatic carbocycles. The van der Waals surface area contributed by atoms with Crippen molar-refractivity contribution in [3.05, 3.63) is 71.3 Å². The molecule has 1 N–H and O–H groups in total. The van der Waals surface area contributed by atoms with Crippen molar-refractivity contribution >= 4 is 11.7 Å². The lowest BCUT2D eigenvalue weighted by Gasteiger charge is -2.20. The Bertz CT molecular complexity index is 637. The summed E-state index contributed by atoms with van der Waals surface area (Å²) in [6.07, 6.45) is 0. The SMILES string of the molecule is CC(C)(C)NC(=O)c1ccc(C(=O)c2ccccc2)cc1. The zero-order valence-electron chi connectivity index (χ0n) is 12.5. The van der Waals surface area contributed by atoms with Crippen LogP contribution in [-0.2, 0) is 0 Å². The predicted octanol–water partition coefficient (Wildman–Crippen LogP) is 3.45. The highest BCUT2D eigenvalue weighted by atomic mass is 16.1. The molecular formula is C18H19NO2. The number of carbonyl (C=O) groups excluding carboxylic acids is 2. The zero-order chi connectivity index (χ0) is 15.5. The van der Waals surface area contributed by atoms with Gasteiger partial charge in [0.25, 0.3) is 5.91 Å². The predicted molar refractivity (Wildman–Crippen MR) is 83.5 cm³/mol. The van der Waals surface area contributed by atoms with E-state index in [0.29, 0.717) is 16.7 Å². The van der Waals surface area contributed by atoms with E-state index in [-0.39, 0.29) is 17.2 Å². The average Bonchev–Trinajstić information content (AvgIpc) is 2.46. The number of ketones is 1. The van der Waals surface area contributed by atoms with E-state index in [9.17, 15) is 9.59 Å². The van der Waals surface area contributed by atoms with Crippen LogP contribution in [0.3, 0.4) is 0 Å². The third-order valence-corrected chi connectivity index (χ3v) is 2.93. The molecule has 0 aromatic heterocycles. The second-order valence-electron chi connectivity index (χ2n) is 5.98. The minimum absolute atomic E-state index is 0.0432. The van der Waals surface area contributed by atoms with Gasteiger partial charge >= 0.3 is 0 Å². The molecule has 1 amide bonds. The summed E-state index contributed by atoms with van der Waals surface area (Å²) >= 11 is 0. The first-order chi connectivity index (χ1) is 9.87. The fourth-order valence-corrected chi connectivity index (χ4v) is 1.94. The van der Waals surface area contributed by atoms with Crippen LogP contribution in [0.1, 0.15) is 47.1 Å². The van der Waals surface area contributed by atoms with E-state index >= 15 is 0 Å². The van der Waals surface area contributed by atoms with Gasteiger partial charge in [-0.25, -0.2) is 0 Å². The quantitative estimate of drug-likeness (QED) is 0.876. The molecule has 3 nitrogen and oxygen atoms in total. The van der Waals surface area contributed by atoms with E-state index in [1.54, 1.807) is 36.4 Å². The molecule has 0 unspecified atom stereocenters. The van der Waals surface area contributed by atoms with E-state index in [1.165, 1.54) is 0 Å². The van der Waals surface area contributed by atoms with Crippen LogP contribution in [0.25, 0.3) is 0 Å². The van der Waals surface area contributed by atoms with Gasteiger partial charge in [0.15, 0.2) is 5.78 Å². The lowest BCUT2D eigenvalue weighted by atomic mass is 10.0. The first kappa shape index (κ1) is 15.0. The maximum Gasteiger partial charge on any atom is 0.251 e. The Kier molecular flexibility index (Phi) is 4.22. The smallest absolute Gasteiger partial charge is 0.251 e. The van der Waals surface area contributed by atoms with Gasteiger partial charge in [-0.1, -0.05) is 42.5 Å². The minimum atomic E-state index is -0.282. The van der Waals surface area contributed by atoms with Crippen molar-refractivity contribution in [2.45, 2.75) is 26.3 Å². The normalized spacial score (nSPS) is 11.0. The molecule has 0 atom stereocenters. The van der Waals surface area contributed by atoms with Crippen molar-refractivity contribution in [3.8, 4) is 0 Å². The van der Waals surface area contributed by atoms with Crippen LogP contribution in [0.5, 0.6) is 0 Å². The fourth-order valence-electron chi connectivity index (χ4n) is 1.94. The summed E-state index contributed by atoms with van der Waals surface area (Å²) in [6.45, 7) is 5.79. The van der Waals surface area contributed by atoms with Crippen molar-refractivity contribution in [1.82, 2.24) is 5.32 Å². The Morgan fingerprint density at radius 1 is 0.762 bits per heavy atom. The van der Waals surface area contributed by atoms with E-state index in [1.807, 2.05) is 39.0 Å². The summed E-state index contributed by atoms with van der Waals surface area (Å²) in [5.74, 6) is -0.181. The van der Waals surface area contributed by atoms with Gasteiger partial charge < -0.3 is 5.32 Å². The first-order valence-electron chi connectivity index (χ1n) is 6.89. The summed E-state index contributed by atoms with van der Waals surface area (Å²) in [5.41, 5.74) is 1.49. The molecule has 0 saturated carbocycles. The molecule has 0 spiro atoms. The van der Waals surface area contributed by atoms with Gasteiger partial charge in [-0.15, -0.1) is 0 Å². The van der Waals surface area contributed by atoms with E-state index in [2.05, 4.69) is 5.32 Å². The molecule has 0 aliphatic carbocycles. The highest BCUT2D eigenvalue weighted by molar-refractivity contribution is 6.09. The minimum Gasteiger partial charge on any atom is -0.347 e. The highest BCUT2D eigenvalue weighted by Gasteiger charge is 2.16. The molecule has 2 aromatic rings. The van der Waals surface area contributed by atoms with Gasteiger partial charge in [0, 0.05) is 22.2 Å². The largest absolute Gasteiger partial charge is 0.347 e. The van der Waals surface area contributed by atoms with E-state index < -0.39 is 0 Å². The Balaban J connectivity index is 2.16. The van der Waals surface area contributed by atoms with Gasteiger partial charge in [-0.3, -0.25) is 9.59 Å². The molecule has 0 heterocycles. The molecule has 3 heteroatoms. The van der Waals surface area contributed by atoms with Crippen LogP contribution in [0.4, 0.5) is 0 Å². The molecule has 2 rings (SSSR count). The van der Waals surface area contributed by atoms with E-state index in [0.717, 1.165) is 0 Å². The van der Waals surface area contributed by atoms with Crippen molar-refractivity contribution in [2.24, 2.45) is 0 Å². The van der Waals surface area contributed by atoms with Gasteiger partial charge in [0.1, 0.15) is 0 Å². The number of rotatable bonds is 3. The second-order valence-corrected chi connectivity index (χ2v) is 5.98. The number of benzene rings is 2. The van der Waals surface area contributed by atoms with Gasteiger partial charge in [-0.05, 0) is 32.9 Å². The number of carbonyl (C=O) groups is 2. The van der Waals surface area contributed by atoms with Crippen LogP contribution in [0.2, 0.25) is 0 Å². The highest BCUT2D eigenvalue weighted by Crippen LogP contribution is 2.12. The number of hydrogen-bond acceptors (Lipinski definition) is 2.